The van der Waals surface area contributed by atoms with Gasteiger partial charge in [-0.25, -0.2) is 4.98 Å². The second kappa shape index (κ2) is 7.62. The maximum absolute atomic E-state index is 4.66. The second-order valence-electron chi connectivity index (χ2n) is 8.92. The topological polar surface area (TPSA) is 44.8 Å². The van der Waals surface area contributed by atoms with Gasteiger partial charge in [0.1, 0.15) is 5.82 Å². The standard InChI is InChI=1S/C24H28N4S/c1-24(2)16-28(12-13-29-24)15-17-4-3-5-21(14-17)18-6-8-19(9-7-18)22-25-23(27-26-22)20-10-11-20/h3-9,14,20H,10-13,15-16H2,1-2H3,(H,25,26,27). The van der Waals surface area contributed by atoms with Crippen LogP contribution < -0.4 is 0 Å². The van der Waals surface area contributed by atoms with Gasteiger partial charge in [-0.1, -0.05) is 42.5 Å². The Balaban J connectivity index is 1.31. The second-order valence-corrected chi connectivity index (χ2v) is 10.7. The number of nitrogens with one attached hydrogen (secondary N) is 1. The summed E-state index contributed by atoms with van der Waals surface area (Å²) >= 11 is 2.09. The van der Waals surface area contributed by atoms with Gasteiger partial charge in [-0.15, -0.1) is 0 Å². The highest BCUT2D eigenvalue weighted by molar-refractivity contribution is 8.00. The Morgan fingerprint density at radius 1 is 1.07 bits per heavy atom. The maximum Gasteiger partial charge on any atom is 0.181 e. The van der Waals surface area contributed by atoms with Crippen molar-refractivity contribution >= 4 is 11.8 Å². The normalized spacial score (nSPS) is 19.4. The molecule has 4 nitrogen and oxygen atoms in total. The van der Waals surface area contributed by atoms with E-state index in [0.717, 1.165) is 30.3 Å². The van der Waals surface area contributed by atoms with Crippen molar-refractivity contribution in [2.24, 2.45) is 0 Å². The van der Waals surface area contributed by atoms with E-state index in [0.29, 0.717) is 10.7 Å². The zero-order valence-corrected chi connectivity index (χ0v) is 18.0. The number of H-pyrrole nitrogens is 1. The van der Waals surface area contributed by atoms with Crippen molar-refractivity contribution < 1.29 is 0 Å². The number of aromatic nitrogens is 3. The molecule has 150 valence electrons. The predicted molar refractivity (Wildman–Crippen MR) is 121 cm³/mol. The molecular formula is C24H28N4S. The molecule has 2 heterocycles. The molecule has 0 radical (unpaired) electrons. The van der Waals surface area contributed by atoms with Crippen LogP contribution in [0.15, 0.2) is 48.5 Å². The zero-order valence-electron chi connectivity index (χ0n) is 17.2. The van der Waals surface area contributed by atoms with Crippen LogP contribution in [0.1, 0.15) is 44.0 Å². The first-order valence-electron chi connectivity index (χ1n) is 10.5. The van der Waals surface area contributed by atoms with E-state index in [2.05, 4.69) is 94.2 Å². The Morgan fingerprint density at radius 3 is 2.62 bits per heavy atom. The molecule has 1 saturated carbocycles. The minimum atomic E-state index is 0.353. The quantitative estimate of drug-likeness (QED) is 0.623. The number of hydrogen-bond acceptors (Lipinski definition) is 4. The molecule has 0 atom stereocenters. The Kier molecular flexibility index (Phi) is 4.96. The summed E-state index contributed by atoms with van der Waals surface area (Å²) in [5.41, 5.74) is 4.97. The van der Waals surface area contributed by atoms with Crippen molar-refractivity contribution in [1.82, 2.24) is 20.1 Å². The molecule has 1 aliphatic carbocycles. The van der Waals surface area contributed by atoms with E-state index in [1.54, 1.807) is 0 Å². The van der Waals surface area contributed by atoms with Crippen LogP contribution in [0.2, 0.25) is 0 Å². The molecule has 29 heavy (non-hydrogen) atoms. The fourth-order valence-corrected chi connectivity index (χ4v) is 5.29. The molecule has 2 aromatic carbocycles. The fourth-order valence-electron chi connectivity index (χ4n) is 4.11. The van der Waals surface area contributed by atoms with Gasteiger partial charge in [-0.2, -0.15) is 16.9 Å². The summed E-state index contributed by atoms with van der Waals surface area (Å²) in [4.78, 5) is 7.24. The maximum atomic E-state index is 4.66. The summed E-state index contributed by atoms with van der Waals surface area (Å²) in [5, 5.41) is 7.49. The number of hydrogen-bond donors (Lipinski definition) is 1. The minimum Gasteiger partial charge on any atom is -0.297 e. The molecule has 1 aromatic heterocycles. The lowest BCUT2D eigenvalue weighted by Gasteiger charge is -2.37. The third-order valence-electron chi connectivity index (χ3n) is 5.78. The number of benzene rings is 2. The molecule has 1 aliphatic heterocycles. The molecule has 5 rings (SSSR count). The first kappa shape index (κ1) is 18.9. The molecule has 0 unspecified atom stereocenters. The molecule has 0 amide bonds. The van der Waals surface area contributed by atoms with Crippen molar-refractivity contribution in [3.63, 3.8) is 0 Å². The Morgan fingerprint density at radius 2 is 1.86 bits per heavy atom. The van der Waals surface area contributed by atoms with Gasteiger partial charge in [0.05, 0.1) is 0 Å². The molecule has 1 N–H and O–H groups in total. The minimum absolute atomic E-state index is 0.353. The van der Waals surface area contributed by atoms with Gasteiger partial charge < -0.3 is 0 Å². The van der Waals surface area contributed by atoms with Gasteiger partial charge in [0, 0.05) is 41.6 Å². The van der Waals surface area contributed by atoms with Crippen LogP contribution in [-0.2, 0) is 6.54 Å². The van der Waals surface area contributed by atoms with Crippen LogP contribution in [0.3, 0.4) is 0 Å². The average Bonchev–Trinajstić information content (AvgIpc) is 3.44. The van der Waals surface area contributed by atoms with Crippen molar-refractivity contribution in [2.45, 2.75) is 43.9 Å². The summed E-state index contributed by atoms with van der Waals surface area (Å²) in [7, 11) is 0. The van der Waals surface area contributed by atoms with Crippen molar-refractivity contribution in [1.29, 1.82) is 0 Å². The van der Waals surface area contributed by atoms with Crippen LogP contribution in [0.5, 0.6) is 0 Å². The molecule has 0 bridgehead atoms. The highest BCUT2D eigenvalue weighted by atomic mass is 32.2. The average molecular weight is 405 g/mol. The number of rotatable bonds is 5. The molecule has 1 saturated heterocycles. The van der Waals surface area contributed by atoms with Crippen LogP contribution in [0, 0.1) is 0 Å². The lowest BCUT2D eigenvalue weighted by Crippen LogP contribution is -2.42. The van der Waals surface area contributed by atoms with Gasteiger partial charge in [-0.05, 0) is 49.4 Å². The monoisotopic (exact) mass is 404 g/mol. The predicted octanol–water partition coefficient (Wildman–Crippen LogP) is 5.34. The first-order valence-corrected chi connectivity index (χ1v) is 11.5. The number of thioether (sulfide) groups is 1. The smallest absolute Gasteiger partial charge is 0.181 e. The number of aromatic amines is 1. The molecule has 0 spiro atoms. The number of nitrogens with zero attached hydrogens (tertiary/aromatic N) is 3. The third-order valence-corrected chi connectivity index (χ3v) is 7.08. The Bertz CT molecular complexity index is 988. The summed E-state index contributed by atoms with van der Waals surface area (Å²) in [6.07, 6.45) is 2.47. The zero-order chi connectivity index (χ0) is 19.8. The summed E-state index contributed by atoms with van der Waals surface area (Å²) in [5.74, 6) is 3.66. The summed E-state index contributed by atoms with van der Waals surface area (Å²) in [6.45, 7) is 8.05. The molecule has 2 aliphatic rings. The fraction of sp³-hybridized carbons (Fsp3) is 0.417. The largest absolute Gasteiger partial charge is 0.297 e. The van der Waals surface area contributed by atoms with E-state index < -0.39 is 0 Å². The third kappa shape index (κ3) is 4.41. The van der Waals surface area contributed by atoms with Gasteiger partial charge in [0.2, 0.25) is 0 Å². The van der Waals surface area contributed by atoms with Crippen LogP contribution in [0.4, 0.5) is 0 Å². The molecule has 2 fully saturated rings. The van der Waals surface area contributed by atoms with Crippen molar-refractivity contribution in [3.05, 3.63) is 59.9 Å². The van der Waals surface area contributed by atoms with Crippen LogP contribution in [-0.4, -0.2) is 43.7 Å². The molecule has 3 aromatic rings. The SMILES string of the molecule is CC1(C)CN(Cc2cccc(-c3ccc(-c4n[nH]c(C5CC5)n4)cc3)c2)CCS1. The van der Waals surface area contributed by atoms with Gasteiger partial charge in [0.15, 0.2) is 5.82 Å². The van der Waals surface area contributed by atoms with E-state index in [9.17, 15) is 0 Å². The van der Waals surface area contributed by atoms with Crippen molar-refractivity contribution in [2.75, 3.05) is 18.8 Å². The van der Waals surface area contributed by atoms with Crippen LogP contribution in [0.25, 0.3) is 22.5 Å². The van der Waals surface area contributed by atoms with E-state index in [4.69, 9.17) is 0 Å². The van der Waals surface area contributed by atoms with E-state index >= 15 is 0 Å². The molecule has 5 heteroatoms. The van der Waals surface area contributed by atoms with E-state index in [1.165, 1.54) is 41.8 Å². The summed E-state index contributed by atoms with van der Waals surface area (Å²) in [6, 6.07) is 17.6. The van der Waals surface area contributed by atoms with E-state index in [1.807, 2.05) is 0 Å². The van der Waals surface area contributed by atoms with Gasteiger partial charge in [-0.3, -0.25) is 10.00 Å². The Labute approximate surface area is 177 Å². The van der Waals surface area contributed by atoms with Crippen LogP contribution >= 0.6 is 11.8 Å². The lowest BCUT2D eigenvalue weighted by atomic mass is 10.0. The lowest BCUT2D eigenvalue weighted by molar-refractivity contribution is 0.252. The first-order chi connectivity index (χ1) is 14.1. The molecular weight excluding hydrogens is 376 g/mol. The van der Waals surface area contributed by atoms with Crippen molar-refractivity contribution in [3.8, 4) is 22.5 Å². The van der Waals surface area contributed by atoms with Gasteiger partial charge >= 0.3 is 0 Å². The Hall–Kier alpha value is -2.11. The van der Waals surface area contributed by atoms with E-state index in [-0.39, 0.29) is 0 Å². The summed E-state index contributed by atoms with van der Waals surface area (Å²) < 4.78 is 0.353. The highest BCUT2D eigenvalue weighted by Crippen LogP contribution is 2.38. The highest BCUT2D eigenvalue weighted by Gasteiger charge is 2.28. The van der Waals surface area contributed by atoms with Gasteiger partial charge in [0.25, 0.3) is 0 Å².